The first-order valence-corrected chi connectivity index (χ1v) is 6.55. The van der Waals surface area contributed by atoms with Gasteiger partial charge < -0.3 is 4.74 Å². The summed E-state index contributed by atoms with van der Waals surface area (Å²) in [6.07, 6.45) is 1.97. The van der Waals surface area contributed by atoms with Crippen molar-refractivity contribution in [1.82, 2.24) is 4.98 Å². The van der Waals surface area contributed by atoms with Gasteiger partial charge in [0.25, 0.3) is 0 Å². The Balaban J connectivity index is 2.19. The van der Waals surface area contributed by atoms with E-state index in [1.165, 1.54) is 7.11 Å². The number of Topliss-reactive ketones (excluding diaryl/α,β-unsaturated/α-hetero) is 1. The van der Waals surface area contributed by atoms with E-state index in [0.717, 1.165) is 9.13 Å². The van der Waals surface area contributed by atoms with Gasteiger partial charge in [-0.05, 0) is 52.4 Å². The number of benzene rings is 1. The second kappa shape index (κ2) is 5.95. The SMILES string of the molecule is COc1ncccc1C(=O)Cc1ccc(I)cc1. The molecular formula is C14H12INO2. The standard InChI is InChI=1S/C14H12INO2/c1-18-14-12(3-2-8-16-14)13(17)9-10-4-6-11(15)7-5-10/h2-8H,9H2,1H3. The van der Waals surface area contributed by atoms with Gasteiger partial charge in [0, 0.05) is 16.2 Å². The van der Waals surface area contributed by atoms with Crippen molar-refractivity contribution in [2.45, 2.75) is 6.42 Å². The summed E-state index contributed by atoms with van der Waals surface area (Å²) in [5.41, 5.74) is 1.52. The maximum absolute atomic E-state index is 12.2. The van der Waals surface area contributed by atoms with Crippen LogP contribution in [-0.2, 0) is 6.42 Å². The Bertz CT molecular complexity index is 552. The molecule has 0 amide bonds. The molecule has 3 nitrogen and oxygen atoms in total. The van der Waals surface area contributed by atoms with Crippen molar-refractivity contribution in [3.63, 3.8) is 0 Å². The van der Waals surface area contributed by atoms with E-state index in [2.05, 4.69) is 27.6 Å². The second-order valence-corrected chi connectivity index (χ2v) is 5.03. The fourth-order valence-electron chi connectivity index (χ4n) is 1.65. The van der Waals surface area contributed by atoms with Crippen LogP contribution in [0.15, 0.2) is 42.6 Å². The summed E-state index contributed by atoms with van der Waals surface area (Å²) in [6.45, 7) is 0. The van der Waals surface area contributed by atoms with Crippen molar-refractivity contribution in [3.05, 3.63) is 57.3 Å². The summed E-state index contributed by atoms with van der Waals surface area (Å²) in [6, 6.07) is 11.4. The molecular weight excluding hydrogens is 341 g/mol. The smallest absolute Gasteiger partial charge is 0.224 e. The van der Waals surface area contributed by atoms with E-state index in [-0.39, 0.29) is 5.78 Å². The third kappa shape index (κ3) is 3.07. The monoisotopic (exact) mass is 353 g/mol. The number of hydrogen-bond donors (Lipinski definition) is 0. The van der Waals surface area contributed by atoms with Crippen molar-refractivity contribution in [2.24, 2.45) is 0 Å². The summed E-state index contributed by atoms with van der Waals surface area (Å²) in [4.78, 5) is 16.2. The van der Waals surface area contributed by atoms with Gasteiger partial charge in [-0.1, -0.05) is 12.1 Å². The highest BCUT2D eigenvalue weighted by molar-refractivity contribution is 14.1. The lowest BCUT2D eigenvalue weighted by molar-refractivity contribution is 0.0989. The first kappa shape index (κ1) is 13.0. The van der Waals surface area contributed by atoms with E-state index in [9.17, 15) is 4.79 Å². The number of carbonyl (C=O) groups excluding carboxylic acids is 1. The summed E-state index contributed by atoms with van der Waals surface area (Å²) in [7, 11) is 1.52. The summed E-state index contributed by atoms with van der Waals surface area (Å²) in [5, 5.41) is 0. The topological polar surface area (TPSA) is 39.2 Å². The van der Waals surface area contributed by atoms with Crippen LogP contribution in [0.3, 0.4) is 0 Å². The van der Waals surface area contributed by atoms with Gasteiger partial charge in [0.2, 0.25) is 5.88 Å². The van der Waals surface area contributed by atoms with Crippen molar-refractivity contribution < 1.29 is 9.53 Å². The average Bonchev–Trinajstić information content (AvgIpc) is 2.41. The molecule has 0 aliphatic carbocycles. The Labute approximate surface area is 119 Å². The van der Waals surface area contributed by atoms with Crippen LogP contribution in [0.2, 0.25) is 0 Å². The molecule has 0 radical (unpaired) electrons. The zero-order chi connectivity index (χ0) is 13.0. The molecule has 18 heavy (non-hydrogen) atoms. The molecule has 0 aliphatic rings. The minimum atomic E-state index is 0.0150. The number of nitrogens with zero attached hydrogens (tertiary/aromatic N) is 1. The summed E-state index contributed by atoms with van der Waals surface area (Å²) >= 11 is 2.24. The van der Waals surface area contributed by atoms with Gasteiger partial charge in [-0.2, -0.15) is 0 Å². The lowest BCUT2D eigenvalue weighted by Gasteiger charge is -2.06. The van der Waals surface area contributed by atoms with Crippen LogP contribution in [0, 0.1) is 3.57 Å². The molecule has 1 aromatic carbocycles. The van der Waals surface area contributed by atoms with Gasteiger partial charge in [0.1, 0.15) is 0 Å². The number of ketones is 1. The molecule has 0 N–H and O–H groups in total. The quantitative estimate of drug-likeness (QED) is 0.626. The highest BCUT2D eigenvalue weighted by Crippen LogP contribution is 2.17. The van der Waals surface area contributed by atoms with Crippen LogP contribution in [-0.4, -0.2) is 17.9 Å². The molecule has 0 bridgehead atoms. The van der Waals surface area contributed by atoms with Gasteiger partial charge in [-0.15, -0.1) is 0 Å². The van der Waals surface area contributed by atoms with Crippen LogP contribution in [0.4, 0.5) is 0 Å². The predicted octanol–water partition coefficient (Wildman–Crippen LogP) is 3.12. The zero-order valence-corrected chi connectivity index (χ0v) is 12.0. The third-order valence-corrected chi connectivity index (χ3v) is 3.26. The van der Waals surface area contributed by atoms with E-state index in [1.807, 2.05) is 24.3 Å². The van der Waals surface area contributed by atoms with Crippen molar-refractivity contribution in [2.75, 3.05) is 7.11 Å². The largest absolute Gasteiger partial charge is 0.480 e. The predicted molar refractivity (Wildman–Crippen MR) is 78.0 cm³/mol. The minimum Gasteiger partial charge on any atom is -0.480 e. The number of aromatic nitrogens is 1. The van der Waals surface area contributed by atoms with Gasteiger partial charge >= 0.3 is 0 Å². The van der Waals surface area contributed by atoms with Gasteiger partial charge in [0.05, 0.1) is 12.7 Å². The number of halogens is 1. The lowest BCUT2D eigenvalue weighted by atomic mass is 10.0. The number of pyridine rings is 1. The first-order chi connectivity index (χ1) is 8.70. The van der Waals surface area contributed by atoms with Crippen molar-refractivity contribution in [1.29, 1.82) is 0 Å². The Hall–Kier alpha value is -1.43. The molecule has 4 heteroatoms. The van der Waals surface area contributed by atoms with Gasteiger partial charge in [-0.25, -0.2) is 4.98 Å². The minimum absolute atomic E-state index is 0.0150. The van der Waals surface area contributed by atoms with E-state index in [1.54, 1.807) is 18.3 Å². The zero-order valence-electron chi connectivity index (χ0n) is 9.89. The van der Waals surface area contributed by atoms with E-state index < -0.39 is 0 Å². The van der Waals surface area contributed by atoms with Crippen LogP contribution >= 0.6 is 22.6 Å². The van der Waals surface area contributed by atoms with Crippen LogP contribution in [0.1, 0.15) is 15.9 Å². The van der Waals surface area contributed by atoms with Crippen LogP contribution in [0.5, 0.6) is 5.88 Å². The van der Waals surface area contributed by atoms with Gasteiger partial charge in [-0.3, -0.25) is 4.79 Å². The maximum atomic E-state index is 12.2. The Kier molecular flexibility index (Phi) is 4.30. The fourth-order valence-corrected chi connectivity index (χ4v) is 2.01. The molecule has 0 saturated heterocycles. The highest BCUT2D eigenvalue weighted by atomic mass is 127. The Morgan fingerprint density at radius 1 is 1.28 bits per heavy atom. The van der Waals surface area contributed by atoms with E-state index in [4.69, 9.17) is 4.74 Å². The lowest BCUT2D eigenvalue weighted by Crippen LogP contribution is -2.06. The number of rotatable bonds is 4. The normalized spacial score (nSPS) is 10.1. The highest BCUT2D eigenvalue weighted by Gasteiger charge is 2.13. The first-order valence-electron chi connectivity index (χ1n) is 5.47. The number of methoxy groups -OCH3 is 1. The molecule has 1 aromatic heterocycles. The molecule has 2 rings (SSSR count). The third-order valence-electron chi connectivity index (χ3n) is 2.54. The molecule has 0 aliphatic heterocycles. The Morgan fingerprint density at radius 3 is 2.67 bits per heavy atom. The van der Waals surface area contributed by atoms with Crippen molar-refractivity contribution in [3.8, 4) is 5.88 Å². The fraction of sp³-hybridized carbons (Fsp3) is 0.143. The molecule has 0 fully saturated rings. The molecule has 0 spiro atoms. The molecule has 0 saturated carbocycles. The van der Waals surface area contributed by atoms with E-state index in [0.29, 0.717) is 17.9 Å². The summed E-state index contributed by atoms with van der Waals surface area (Å²) in [5.74, 6) is 0.397. The maximum Gasteiger partial charge on any atom is 0.224 e. The van der Waals surface area contributed by atoms with Crippen LogP contribution in [0.25, 0.3) is 0 Å². The number of ether oxygens (including phenoxy) is 1. The molecule has 0 unspecified atom stereocenters. The van der Waals surface area contributed by atoms with Crippen molar-refractivity contribution >= 4 is 28.4 Å². The molecule has 92 valence electrons. The second-order valence-electron chi connectivity index (χ2n) is 3.79. The molecule has 1 heterocycles. The Morgan fingerprint density at radius 2 is 2.00 bits per heavy atom. The van der Waals surface area contributed by atoms with Crippen LogP contribution < -0.4 is 4.74 Å². The summed E-state index contributed by atoms with van der Waals surface area (Å²) < 4.78 is 6.25. The van der Waals surface area contributed by atoms with E-state index >= 15 is 0 Å². The average molecular weight is 353 g/mol. The molecule has 2 aromatic rings. The number of carbonyl (C=O) groups is 1. The van der Waals surface area contributed by atoms with Gasteiger partial charge in [0.15, 0.2) is 5.78 Å². The number of hydrogen-bond acceptors (Lipinski definition) is 3. The molecule has 0 atom stereocenters.